The van der Waals surface area contributed by atoms with Gasteiger partial charge in [0, 0.05) is 18.3 Å². The molecule has 2 aliphatic rings. The summed E-state index contributed by atoms with van der Waals surface area (Å²) in [6.45, 7) is 9.34. The van der Waals surface area contributed by atoms with Crippen LogP contribution in [0.1, 0.15) is 73.1 Å². The van der Waals surface area contributed by atoms with Crippen LogP contribution in [0.4, 0.5) is 13.2 Å². The predicted octanol–water partition coefficient (Wildman–Crippen LogP) is 5.48. The number of hydrogen-bond donors (Lipinski definition) is 2. The average Bonchev–Trinajstić information content (AvgIpc) is 3.61. The number of halogens is 3. The number of carbonyl (C=O) groups excluding carboxylic acids is 1. The first-order valence-electron chi connectivity index (χ1n) is 13.3. The first-order chi connectivity index (χ1) is 18.8. The Morgan fingerprint density at radius 1 is 1.27 bits per heavy atom. The zero-order valence-electron chi connectivity index (χ0n) is 22.9. The van der Waals surface area contributed by atoms with Crippen LogP contribution in [0.3, 0.4) is 0 Å². The topological polar surface area (TPSA) is 104 Å². The molecule has 1 amide bonds. The summed E-state index contributed by atoms with van der Waals surface area (Å²) in [7, 11) is -2.93. The van der Waals surface area contributed by atoms with E-state index in [1.807, 2.05) is 6.07 Å². The van der Waals surface area contributed by atoms with Gasteiger partial charge in [-0.15, -0.1) is 0 Å². The molecular weight excluding hydrogens is 779 g/mol. The van der Waals surface area contributed by atoms with Gasteiger partial charge in [0.1, 0.15) is 11.2 Å². The van der Waals surface area contributed by atoms with Crippen LogP contribution in [-0.2, 0) is 29.7 Å². The molecule has 218 valence electrons. The first kappa shape index (κ1) is 33.5. The fourth-order valence-electron chi connectivity index (χ4n) is 5.31. The van der Waals surface area contributed by atoms with Crippen LogP contribution in [0.5, 0.6) is 0 Å². The number of nitrogens with zero attached hydrogens (tertiary/aromatic N) is 2. The molecule has 0 bridgehead atoms. The quantitative estimate of drug-likeness (QED) is 0.311. The van der Waals surface area contributed by atoms with Gasteiger partial charge in [-0.3, -0.25) is 10.9 Å². The third-order valence-electron chi connectivity index (χ3n) is 7.84. The van der Waals surface area contributed by atoms with Crippen LogP contribution < -0.4 is 10.0 Å². The molecule has 1 aromatic heterocycles. The Bertz CT molecular complexity index is 1440. The second-order valence-electron chi connectivity index (χ2n) is 10.7. The Labute approximate surface area is 263 Å². The third-order valence-corrected chi connectivity index (χ3v) is 9.43. The zero-order valence-corrected chi connectivity index (χ0v) is 27.8. The van der Waals surface area contributed by atoms with Crippen LogP contribution >= 0.6 is 0 Å². The van der Waals surface area contributed by atoms with Gasteiger partial charge in [0.15, 0.2) is 0 Å². The van der Waals surface area contributed by atoms with Gasteiger partial charge in [0.25, 0.3) is 5.91 Å². The van der Waals surface area contributed by atoms with Gasteiger partial charge < -0.3 is 23.4 Å². The maximum absolute atomic E-state index is 14.3. The Kier molecular flexibility index (Phi) is 10.7. The van der Waals surface area contributed by atoms with Gasteiger partial charge >= 0.3 is 37.3 Å². The molecule has 0 aliphatic heterocycles. The third kappa shape index (κ3) is 7.49. The molecule has 12 heteroatoms. The number of nitriles is 1. The molecule has 1 heterocycles. The fraction of sp³-hybridized carbons (Fsp3) is 0.483. The number of sulfonamides is 1. The summed E-state index contributed by atoms with van der Waals surface area (Å²) >= 11 is 0. The molecule has 1 aromatic carbocycles. The van der Waals surface area contributed by atoms with Crippen molar-refractivity contribution in [1.29, 1.82) is 5.26 Å². The molecule has 1 atom stereocenters. The minimum Gasteiger partial charge on any atom is -0.516 e. The van der Waals surface area contributed by atoms with Gasteiger partial charge in [-0.2, -0.15) is 29.6 Å². The van der Waals surface area contributed by atoms with Crippen LogP contribution in [0, 0.1) is 61.9 Å². The molecule has 41 heavy (non-hydrogen) atoms. The smallest absolute Gasteiger partial charge is 0.516 e. The van der Waals surface area contributed by atoms with E-state index >= 15 is 0 Å². The monoisotopic (exact) mass is 812 g/mol. The minimum absolute atomic E-state index is 0. The van der Waals surface area contributed by atoms with Crippen LogP contribution in [-0.4, -0.2) is 30.5 Å². The number of rotatable bonds is 10. The maximum atomic E-state index is 14.3. The zero-order chi connectivity index (χ0) is 29.3. The molecule has 1 unspecified atom stereocenters. The van der Waals surface area contributed by atoms with E-state index in [2.05, 4.69) is 17.0 Å². The van der Waals surface area contributed by atoms with Gasteiger partial charge in [-0.05, 0) is 55.0 Å². The van der Waals surface area contributed by atoms with Crippen molar-refractivity contribution in [2.45, 2.75) is 80.4 Å². The van der Waals surface area contributed by atoms with Gasteiger partial charge in [0.05, 0.1) is 16.5 Å². The van der Waals surface area contributed by atoms with E-state index in [1.165, 1.54) is 12.1 Å². The molecule has 0 radical (unpaired) electrons. The average molecular weight is 813 g/mol. The number of benzene rings is 1. The number of nitrogens with one attached hydrogen (secondary N) is 2. The summed E-state index contributed by atoms with van der Waals surface area (Å²) in [5, 5.41) is 12.0. The van der Waals surface area contributed by atoms with E-state index in [0.29, 0.717) is 30.0 Å². The summed E-state index contributed by atoms with van der Waals surface area (Å²) in [6, 6.07) is 5.96. The van der Waals surface area contributed by atoms with Crippen LogP contribution in [0.25, 0.3) is 11.1 Å². The molecule has 4 rings (SSSR count). The van der Waals surface area contributed by atoms with E-state index in [9.17, 15) is 31.6 Å². The summed E-state index contributed by atoms with van der Waals surface area (Å²) in [5.74, 6) is -0.131. The minimum atomic E-state index is -4.99. The van der Waals surface area contributed by atoms with Crippen molar-refractivity contribution in [3.63, 3.8) is 0 Å². The second kappa shape index (κ2) is 13.1. The normalized spacial score (nSPS) is 17.7. The van der Waals surface area contributed by atoms with Crippen LogP contribution in [0.2, 0.25) is 0 Å². The van der Waals surface area contributed by atoms with E-state index in [4.69, 9.17) is 6.58 Å². The van der Waals surface area contributed by atoms with Gasteiger partial charge in [0.2, 0.25) is 10.0 Å². The van der Waals surface area contributed by atoms with Crippen molar-refractivity contribution in [2.24, 2.45) is 13.0 Å². The molecular formula is C29H33F3N4O3SU. The summed E-state index contributed by atoms with van der Waals surface area (Å²) < 4.78 is 72.5. The first-order valence-corrected chi connectivity index (χ1v) is 14.8. The fourth-order valence-corrected chi connectivity index (χ4v) is 6.89. The van der Waals surface area contributed by atoms with Crippen molar-refractivity contribution >= 4 is 15.9 Å². The van der Waals surface area contributed by atoms with Crippen LogP contribution in [0.15, 0.2) is 35.2 Å². The second-order valence-corrected chi connectivity index (χ2v) is 12.4. The Morgan fingerprint density at radius 3 is 2.46 bits per heavy atom. The molecule has 0 saturated heterocycles. The van der Waals surface area contributed by atoms with E-state index in [1.54, 1.807) is 17.7 Å². The Morgan fingerprint density at radius 2 is 1.93 bits per heavy atom. The molecule has 7 nitrogen and oxygen atoms in total. The number of aromatic nitrogens is 1. The number of alkyl halides is 3. The predicted molar refractivity (Wildman–Crippen MR) is 144 cm³/mol. The summed E-state index contributed by atoms with van der Waals surface area (Å²) in [6.07, 6.45) is 2.92. The van der Waals surface area contributed by atoms with E-state index in [0.717, 1.165) is 44.2 Å². The molecule has 0 spiro atoms. The van der Waals surface area contributed by atoms with Crippen molar-refractivity contribution in [3.05, 3.63) is 60.8 Å². The van der Waals surface area contributed by atoms with Gasteiger partial charge in [-0.1, -0.05) is 38.2 Å². The largest absolute Gasteiger partial charge is 2.00 e. The van der Waals surface area contributed by atoms with Crippen molar-refractivity contribution < 1.29 is 57.5 Å². The summed E-state index contributed by atoms with van der Waals surface area (Å²) in [5.41, 5.74) is -1.19. The number of hydrogen-bond acceptors (Lipinski definition) is 4. The standard InChI is InChI=1S/C29H33F3N4O3S.U/c1-4-21(5-2)34-27(37)25-17-22(24(36(25)3)15-19-9-7-6-8-10-19)20-11-12-26(23(16-20)29(30,31)32)40(38,39)35-28(18-33)13-14-28;/h1,4,11-12,16-17,19,21,35H,2,5-10,13-15H2,3H3,(H,34,37);/q-2;+2. The molecule has 2 fully saturated rings. The summed E-state index contributed by atoms with van der Waals surface area (Å²) in [4.78, 5) is 12.2. The van der Waals surface area contributed by atoms with Crippen molar-refractivity contribution in [2.75, 3.05) is 0 Å². The van der Waals surface area contributed by atoms with Gasteiger partial charge in [-0.25, -0.2) is 8.42 Å². The van der Waals surface area contributed by atoms with E-state index < -0.39 is 44.1 Å². The van der Waals surface area contributed by atoms with Crippen molar-refractivity contribution in [3.8, 4) is 17.2 Å². The molecule has 2 aromatic rings. The molecule has 2 saturated carbocycles. The Hall–Kier alpha value is -2.05. The number of amides is 1. The molecule has 2 aliphatic carbocycles. The maximum Gasteiger partial charge on any atom is 2.00 e. The van der Waals surface area contributed by atoms with E-state index in [-0.39, 0.29) is 55.2 Å². The SMILES string of the molecule is [CH-]=CC(C[CH2-])NC(=O)c1cc(-c2ccc(S(=O)(=O)NC3(C#N)CC3)c(C(F)(F)F)c2)c(CC2CCCCC2)n1C.[U+2]. The Balaban J connectivity index is 0.00000462. The number of carbonyl (C=O) groups is 1. The van der Waals surface area contributed by atoms with Crippen molar-refractivity contribution in [1.82, 2.24) is 14.6 Å². The molecule has 2 N–H and O–H groups in total.